The molecule has 0 aromatic heterocycles. The maximum atomic E-state index is 10.9. The van der Waals surface area contributed by atoms with Gasteiger partial charge in [0, 0.05) is 11.3 Å². The lowest BCUT2D eigenvalue weighted by atomic mass is 10.1. The van der Waals surface area contributed by atoms with Crippen molar-refractivity contribution in [1.29, 1.82) is 0 Å². The van der Waals surface area contributed by atoms with Gasteiger partial charge < -0.3 is 10.1 Å². The summed E-state index contributed by atoms with van der Waals surface area (Å²) in [5.41, 5.74) is 1.42. The fourth-order valence-electron chi connectivity index (χ4n) is 1.29. The molecule has 0 heterocycles. The van der Waals surface area contributed by atoms with Gasteiger partial charge >= 0.3 is 0 Å². The summed E-state index contributed by atoms with van der Waals surface area (Å²) >= 11 is 0. The fourth-order valence-corrected chi connectivity index (χ4v) is 1.46. The summed E-state index contributed by atoms with van der Waals surface area (Å²) < 4.78 is 5.61. The Morgan fingerprint density at radius 3 is 2.75 bits per heavy atom. The average Bonchev–Trinajstić information content (AvgIpc) is 2.18. The smallest absolute Gasteiger partial charge is 0.239 e. The van der Waals surface area contributed by atoms with E-state index in [1.54, 1.807) is 12.1 Å². The van der Waals surface area contributed by atoms with E-state index in [9.17, 15) is 4.79 Å². The summed E-state index contributed by atoms with van der Waals surface area (Å²) in [6.07, 6.45) is 1.82. The van der Waals surface area contributed by atoms with Gasteiger partial charge in [-0.3, -0.25) is 4.79 Å². The van der Waals surface area contributed by atoms with E-state index >= 15 is 0 Å². The Labute approximate surface area is 98.1 Å². The molecule has 0 spiro atoms. The van der Waals surface area contributed by atoms with Crippen molar-refractivity contribution in [2.45, 2.75) is 20.0 Å². The van der Waals surface area contributed by atoms with Gasteiger partial charge in [-0.15, -0.1) is 0 Å². The molecule has 0 aliphatic carbocycles. The molecule has 0 radical (unpaired) electrons. The Balaban J connectivity index is 2.96. The van der Waals surface area contributed by atoms with E-state index in [4.69, 9.17) is 4.74 Å². The SMILES string of the molecule is C=Cc1cc(NC(=O)P)ccc1OC(C)C. The van der Waals surface area contributed by atoms with Crippen LogP contribution in [0.5, 0.6) is 5.75 Å². The average molecular weight is 237 g/mol. The third-order valence-electron chi connectivity index (χ3n) is 1.86. The van der Waals surface area contributed by atoms with Crippen LogP contribution in [0.1, 0.15) is 19.4 Å². The van der Waals surface area contributed by atoms with Crippen LogP contribution in [-0.4, -0.2) is 11.8 Å². The number of ether oxygens (including phenoxy) is 1. The van der Waals surface area contributed by atoms with Crippen LogP contribution in [-0.2, 0) is 0 Å². The van der Waals surface area contributed by atoms with E-state index in [0.717, 1.165) is 17.0 Å². The standard InChI is InChI=1S/C12H16NO2P/c1-4-9-7-10(13-12(14)16)5-6-11(9)15-8(2)3/h4-8H,1,16H2,2-3H3,(H,13,14). The van der Waals surface area contributed by atoms with Crippen molar-refractivity contribution in [2.24, 2.45) is 0 Å². The molecular formula is C12H16NO2P. The molecule has 0 saturated carbocycles. The molecule has 0 saturated heterocycles. The van der Waals surface area contributed by atoms with Crippen LogP contribution in [0.3, 0.4) is 0 Å². The second-order valence-electron chi connectivity index (χ2n) is 3.61. The van der Waals surface area contributed by atoms with Gasteiger partial charge in [0.05, 0.1) is 6.10 Å². The van der Waals surface area contributed by atoms with Crippen LogP contribution in [0.25, 0.3) is 6.08 Å². The molecule has 1 aromatic rings. The van der Waals surface area contributed by atoms with Gasteiger partial charge in [0.2, 0.25) is 5.65 Å². The fraction of sp³-hybridized carbons (Fsp3) is 0.250. The molecule has 0 fully saturated rings. The van der Waals surface area contributed by atoms with E-state index in [-0.39, 0.29) is 11.8 Å². The highest BCUT2D eigenvalue weighted by atomic mass is 31.0. The highest BCUT2D eigenvalue weighted by Crippen LogP contribution is 2.25. The molecule has 16 heavy (non-hydrogen) atoms. The summed E-state index contributed by atoms with van der Waals surface area (Å²) in [7, 11) is 2.07. The highest BCUT2D eigenvalue weighted by molar-refractivity contribution is 7.40. The summed E-state index contributed by atoms with van der Waals surface area (Å²) in [4.78, 5) is 10.9. The first-order valence-electron chi connectivity index (χ1n) is 5.02. The van der Waals surface area contributed by atoms with Crippen molar-refractivity contribution >= 4 is 26.7 Å². The second-order valence-corrected chi connectivity index (χ2v) is 4.14. The minimum atomic E-state index is -0.174. The molecule has 1 atom stereocenters. The van der Waals surface area contributed by atoms with Crippen LogP contribution in [0.4, 0.5) is 10.5 Å². The topological polar surface area (TPSA) is 38.3 Å². The molecule has 0 aliphatic rings. The molecule has 1 aromatic carbocycles. The highest BCUT2D eigenvalue weighted by Gasteiger charge is 2.05. The Morgan fingerprint density at radius 2 is 2.25 bits per heavy atom. The summed E-state index contributed by atoms with van der Waals surface area (Å²) in [5.74, 6) is 0.770. The number of amides is 1. The van der Waals surface area contributed by atoms with Crippen LogP contribution in [0.15, 0.2) is 24.8 Å². The molecule has 0 aliphatic heterocycles. The summed E-state index contributed by atoms with van der Waals surface area (Å²) in [6.45, 7) is 7.65. The first-order valence-corrected chi connectivity index (χ1v) is 5.60. The zero-order valence-corrected chi connectivity index (χ0v) is 10.6. The van der Waals surface area contributed by atoms with Crippen LogP contribution in [0.2, 0.25) is 0 Å². The number of anilines is 1. The minimum Gasteiger partial charge on any atom is -0.490 e. The van der Waals surface area contributed by atoms with Crippen LogP contribution < -0.4 is 10.1 Å². The maximum absolute atomic E-state index is 10.9. The number of rotatable bonds is 4. The van der Waals surface area contributed by atoms with Crippen molar-refractivity contribution in [3.8, 4) is 5.75 Å². The van der Waals surface area contributed by atoms with Gasteiger partial charge in [0.15, 0.2) is 0 Å². The first-order chi connectivity index (χ1) is 7.52. The third-order valence-corrected chi connectivity index (χ3v) is 2.00. The van der Waals surface area contributed by atoms with Gasteiger partial charge in [-0.25, -0.2) is 0 Å². The largest absolute Gasteiger partial charge is 0.490 e. The zero-order valence-electron chi connectivity index (χ0n) is 9.49. The van der Waals surface area contributed by atoms with E-state index in [1.807, 2.05) is 26.0 Å². The minimum absolute atomic E-state index is 0.112. The van der Waals surface area contributed by atoms with Gasteiger partial charge in [0.1, 0.15) is 5.75 Å². The van der Waals surface area contributed by atoms with Gasteiger partial charge in [0.25, 0.3) is 0 Å². The Bertz CT molecular complexity index is 402. The van der Waals surface area contributed by atoms with Crippen molar-refractivity contribution in [2.75, 3.05) is 5.32 Å². The molecule has 1 unspecified atom stereocenters. The number of hydrogen-bond acceptors (Lipinski definition) is 2. The number of carbonyl (C=O) groups excluding carboxylic acids is 1. The van der Waals surface area contributed by atoms with Crippen molar-refractivity contribution in [3.63, 3.8) is 0 Å². The van der Waals surface area contributed by atoms with Gasteiger partial charge in [-0.2, -0.15) is 0 Å². The second kappa shape index (κ2) is 5.66. The number of benzene rings is 1. The zero-order chi connectivity index (χ0) is 12.1. The summed E-state index contributed by atoms with van der Waals surface area (Å²) in [6, 6.07) is 5.45. The van der Waals surface area contributed by atoms with Crippen molar-refractivity contribution in [1.82, 2.24) is 0 Å². The molecule has 1 amide bonds. The quantitative estimate of drug-likeness (QED) is 0.813. The molecule has 86 valence electrons. The lowest BCUT2D eigenvalue weighted by molar-refractivity contribution is 0.242. The van der Waals surface area contributed by atoms with Gasteiger partial charge in [-0.05, 0) is 41.3 Å². The maximum Gasteiger partial charge on any atom is 0.239 e. The molecule has 1 N–H and O–H groups in total. The predicted molar refractivity (Wildman–Crippen MR) is 71.0 cm³/mol. The van der Waals surface area contributed by atoms with Crippen molar-refractivity contribution < 1.29 is 9.53 Å². The van der Waals surface area contributed by atoms with Crippen LogP contribution >= 0.6 is 9.24 Å². The van der Waals surface area contributed by atoms with E-state index in [0.29, 0.717) is 0 Å². The first kappa shape index (κ1) is 12.7. The molecule has 0 bridgehead atoms. The molecule has 3 nitrogen and oxygen atoms in total. The van der Waals surface area contributed by atoms with Crippen LogP contribution in [0, 0.1) is 0 Å². The lowest BCUT2D eigenvalue weighted by Crippen LogP contribution is -2.07. The van der Waals surface area contributed by atoms with Crippen molar-refractivity contribution in [3.05, 3.63) is 30.3 Å². The normalized spacial score (nSPS) is 10.0. The number of nitrogens with one attached hydrogen (secondary N) is 1. The molecule has 4 heteroatoms. The predicted octanol–water partition coefficient (Wildman–Crippen LogP) is 3.52. The Kier molecular flexibility index (Phi) is 4.51. The van der Waals surface area contributed by atoms with E-state index in [1.165, 1.54) is 0 Å². The lowest BCUT2D eigenvalue weighted by Gasteiger charge is -2.13. The summed E-state index contributed by atoms with van der Waals surface area (Å²) in [5, 5.41) is 2.68. The van der Waals surface area contributed by atoms with E-state index < -0.39 is 0 Å². The number of carbonyl (C=O) groups is 1. The Hall–Kier alpha value is -1.34. The molecule has 1 rings (SSSR count). The Morgan fingerprint density at radius 1 is 1.56 bits per heavy atom. The van der Waals surface area contributed by atoms with Gasteiger partial charge in [-0.1, -0.05) is 12.7 Å². The number of hydrogen-bond donors (Lipinski definition) is 1. The molecular weight excluding hydrogens is 221 g/mol. The monoisotopic (exact) mass is 237 g/mol. The third kappa shape index (κ3) is 3.67. The van der Waals surface area contributed by atoms with E-state index in [2.05, 4.69) is 21.1 Å².